The fraction of sp³-hybridized carbons (Fsp3) is 0.125. The van der Waals surface area contributed by atoms with Gasteiger partial charge in [-0.2, -0.15) is 26.3 Å². The zero-order valence-electron chi connectivity index (χ0n) is 17.0. The van der Waals surface area contributed by atoms with Crippen molar-refractivity contribution in [2.24, 2.45) is 0 Å². The van der Waals surface area contributed by atoms with E-state index in [1.54, 1.807) is 55.7 Å². The molecule has 1 aliphatic rings. The lowest BCUT2D eigenvalue weighted by Gasteiger charge is -2.20. The molecule has 6 nitrogen and oxygen atoms in total. The normalized spacial score (nSPS) is 14.8. The van der Waals surface area contributed by atoms with Crippen LogP contribution in [0.1, 0.15) is 34.0 Å². The third-order valence-corrected chi connectivity index (χ3v) is 6.53. The molecule has 0 spiro atoms. The summed E-state index contributed by atoms with van der Waals surface area (Å²) < 4.78 is 5.75. The molecule has 2 aromatic rings. The number of hydrogen-bond donors (Lipinski definition) is 0. The summed E-state index contributed by atoms with van der Waals surface area (Å²) in [7, 11) is 0. The molecule has 0 fully saturated rings. The molecule has 2 aromatic heterocycles. The van der Waals surface area contributed by atoms with E-state index in [1.165, 1.54) is 22.7 Å². The van der Waals surface area contributed by atoms with E-state index in [-0.39, 0.29) is 16.9 Å². The molecular weight excluding hydrogens is 438 g/mol. The highest BCUT2D eigenvalue weighted by Gasteiger charge is 2.38. The van der Waals surface area contributed by atoms with Gasteiger partial charge in [-0.05, 0) is 49.6 Å². The average molecular weight is 452 g/mol. The lowest BCUT2D eigenvalue weighted by atomic mass is 9.94. The number of nitriles is 5. The van der Waals surface area contributed by atoms with Crippen molar-refractivity contribution in [2.45, 2.75) is 19.4 Å². The van der Waals surface area contributed by atoms with Crippen molar-refractivity contribution >= 4 is 40.4 Å². The number of allylic oxidation sites excluding steroid dienone is 3. The van der Waals surface area contributed by atoms with Crippen LogP contribution in [0.15, 0.2) is 52.1 Å². The Morgan fingerprint density at radius 2 is 1.72 bits per heavy atom. The minimum absolute atomic E-state index is 0.00652. The lowest BCUT2D eigenvalue weighted by molar-refractivity contribution is 0.0954. The molecule has 1 aliphatic heterocycles. The topological polar surface area (TPSA) is 128 Å². The maximum Gasteiger partial charge on any atom is 0.172 e. The molecule has 0 aliphatic carbocycles. The molecule has 3 rings (SSSR count). The van der Waals surface area contributed by atoms with Gasteiger partial charge in [-0.1, -0.05) is 6.08 Å². The number of hydrogen-bond acceptors (Lipinski definition) is 8. The molecule has 0 saturated heterocycles. The molecule has 0 saturated carbocycles. The van der Waals surface area contributed by atoms with E-state index in [2.05, 4.69) is 12.1 Å². The SMILES string of the molecule is CC1(C)OC(=C(C#N)C#N)C(C#N)=C1/C=C/c1ccc(/C(C#N)=C/c2sccc2C#N)s1. The molecule has 0 amide bonds. The van der Waals surface area contributed by atoms with Crippen molar-refractivity contribution < 1.29 is 4.74 Å². The number of rotatable bonds is 4. The Morgan fingerprint density at radius 3 is 2.34 bits per heavy atom. The first-order chi connectivity index (χ1) is 15.4. The molecule has 0 atom stereocenters. The Kier molecular flexibility index (Phi) is 6.39. The second-order valence-corrected chi connectivity index (χ2v) is 9.02. The third kappa shape index (κ3) is 4.22. The Balaban J connectivity index is 1.97. The van der Waals surface area contributed by atoms with Crippen LogP contribution in [0.4, 0.5) is 0 Å². The van der Waals surface area contributed by atoms with Gasteiger partial charge in [0.2, 0.25) is 0 Å². The highest BCUT2D eigenvalue weighted by Crippen LogP contribution is 2.40. The van der Waals surface area contributed by atoms with Crippen molar-refractivity contribution in [1.29, 1.82) is 26.3 Å². The van der Waals surface area contributed by atoms with E-state index in [4.69, 9.17) is 15.3 Å². The molecule has 8 heteroatoms. The van der Waals surface area contributed by atoms with Gasteiger partial charge in [-0.25, -0.2) is 0 Å². The van der Waals surface area contributed by atoms with E-state index in [0.717, 1.165) is 14.6 Å². The van der Waals surface area contributed by atoms with Crippen molar-refractivity contribution in [3.8, 4) is 30.3 Å². The van der Waals surface area contributed by atoms with Gasteiger partial charge >= 0.3 is 0 Å². The van der Waals surface area contributed by atoms with E-state index < -0.39 is 5.60 Å². The van der Waals surface area contributed by atoms with Crippen molar-refractivity contribution in [2.75, 3.05) is 0 Å². The van der Waals surface area contributed by atoms with Crippen LogP contribution < -0.4 is 0 Å². The summed E-state index contributed by atoms with van der Waals surface area (Å²) in [6.45, 7) is 3.52. The van der Waals surface area contributed by atoms with Crippen LogP contribution >= 0.6 is 22.7 Å². The predicted octanol–water partition coefficient (Wildman–Crippen LogP) is 5.69. The standard InChI is InChI=1S/C24H13N5OS2/c1-24(2)20(19(14-29)23(30-24)17(12-27)13-28)5-3-18-4-6-21(32-18)16(11-26)9-22-15(10-25)7-8-31-22/h3-9H,1-2H3/b5-3+,16-9+. The largest absolute Gasteiger partial charge is 0.480 e. The summed E-state index contributed by atoms with van der Waals surface area (Å²) in [5.41, 5.74) is 0.553. The van der Waals surface area contributed by atoms with Gasteiger partial charge in [-0.3, -0.25) is 0 Å². The van der Waals surface area contributed by atoms with Gasteiger partial charge in [0, 0.05) is 20.2 Å². The Hall–Kier alpha value is -4.39. The molecule has 32 heavy (non-hydrogen) atoms. The summed E-state index contributed by atoms with van der Waals surface area (Å²) in [5.74, 6) is -0.00652. The molecule has 152 valence electrons. The monoisotopic (exact) mass is 451 g/mol. The first-order valence-electron chi connectivity index (χ1n) is 9.15. The van der Waals surface area contributed by atoms with Gasteiger partial charge in [0.1, 0.15) is 41.5 Å². The fourth-order valence-corrected chi connectivity index (χ4v) is 4.70. The maximum absolute atomic E-state index is 9.61. The molecule has 0 aromatic carbocycles. The van der Waals surface area contributed by atoms with Crippen LogP contribution in [0.5, 0.6) is 0 Å². The second-order valence-electron chi connectivity index (χ2n) is 6.96. The first-order valence-corrected chi connectivity index (χ1v) is 10.8. The zero-order chi connectivity index (χ0) is 23.3. The van der Waals surface area contributed by atoms with E-state index in [9.17, 15) is 15.8 Å². The number of nitrogens with zero attached hydrogens (tertiary/aromatic N) is 5. The quantitative estimate of drug-likeness (QED) is 0.549. The smallest absolute Gasteiger partial charge is 0.172 e. The zero-order valence-corrected chi connectivity index (χ0v) is 18.6. The van der Waals surface area contributed by atoms with Gasteiger partial charge in [-0.15, -0.1) is 22.7 Å². The fourth-order valence-electron chi connectivity index (χ4n) is 3.05. The van der Waals surface area contributed by atoms with Crippen molar-refractivity contribution in [1.82, 2.24) is 0 Å². The number of ether oxygens (including phenoxy) is 1. The van der Waals surface area contributed by atoms with Crippen LogP contribution in [-0.4, -0.2) is 5.60 Å². The lowest BCUT2D eigenvalue weighted by Crippen LogP contribution is -2.20. The minimum Gasteiger partial charge on any atom is -0.480 e. The van der Waals surface area contributed by atoms with Crippen molar-refractivity contribution in [3.05, 3.63) is 72.3 Å². The average Bonchev–Trinajstić information content (AvgIpc) is 3.48. The van der Waals surface area contributed by atoms with Crippen LogP contribution in [-0.2, 0) is 4.74 Å². The molecule has 3 heterocycles. The number of thiophene rings is 2. The van der Waals surface area contributed by atoms with E-state index >= 15 is 0 Å². The van der Waals surface area contributed by atoms with Gasteiger partial charge in [0.15, 0.2) is 11.3 Å². The predicted molar refractivity (Wildman–Crippen MR) is 122 cm³/mol. The Labute approximate surface area is 193 Å². The third-order valence-electron chi connectivity index (χ3n) is 4.58. The molecule has 0 radical (unpaired) electrons. The molecule has 0 N–H and O–H groups in total. The molecular formula is C24H13N5OS2. The van der Waals surface area contributed by atoms with Gasteiger partial charge in [0.25, 0.3) is 0 Å². The van der Waals surface area contributed by atoms with Gasteiger partial charge < -0.3 is 4.74 Å². The summed E-state index contributed by atoms with van der Waals surface area (Å²) in [6.07, 6.45) is 5.24. The van der Waals surface area contributed by atoms with Gasteiger partial charge in [0.05, 0.1) is 11.1 Å². The van der Waals surface area contributed by atoms with Crippen LogP contribution in [0.2, 0.25) is 0 Å². The Bertz CT molecular complexity index is 1410. The summed E-state index contributed by atoms with van der Waals surface area (Å²) in [5, 5.41) is 48.5. The summed E-state index contributed by atoms with van der Waals surface area (Å²) in [4.78, 5) is 2.32. The minimum atomic E-state index is -0.888. The van der Waals surface area contributed by atoms with E-state index in [1.807, 2.05) is 18.2 Å². The molecule has 0 unspecified atom stereocenters. The van der Waals surface area contributed by atoms with E-state index in [0.29, 0.717) is 16.7 Å². The van der Waals surface area contributed by atoms with Crippen LogP contribution in [0.25, 0.3) is 17.7 Å². The second kappa shape index (κ2) is 9.18. The summed E-state index contributed by atoms with van der Waals surface area (Å²) in [6, 6.07) is 15.3. The summed E-state index contributed by atoms with van der Waals surface area (Å²) >= 11 is 2.79. The highest BCUT2D eigenvalue weighted by molar-refractivity contribution is 7.14. The van der Waals surface area contributed by atoms with Crippen LogP contribution in [0, 0.1) is 56.7 Å². The first kappa shape index (κ1) is 22.3. The molecule has 0 bridgehead atoms. The Morgan fingerprint density at radius 1 is 0.969 bits per heavy atom. The highest BCUT2D eigenvalue weighted by atomic mass is 32.1. The van der Waals surface area contributed by atoms with Crippen LogP contribution in [0.3, 0.4) is 0 Å². The van der Waals surface area contributed by atoms with Crippen molar-refractivity contribution in [3.63, 3.8) is 0 Å². The maximum atomic E-state index is 9.61.